The number of rotatable bonds is 7. The Bertz CT molecular complexity index is 551. The highest BCUT2D eigenvalue weighted by Gasteiger charge is 2.08. The van der Waals surface area contributed by atoms with E-state index in [4.69, 9.17) is 4.74 Å². The highest BCUT2D eigenvalue weighted by molar-refractivity contribution is 5.28. The molecule has 2 N–H and O–H groups in total. The Hall–Kier alpha value is -2.00. The van der Waals surface area contributed by atoms with Gasteiger partial charge in [-0.2, -0.15) is 0 Å². The van der Waals surface area contributed by atoms with E-state index < -0.39 is 0 Å². The van der Waals surface area contributed by atoms with Gasteiger partial charge in [-0.25, -0.2) is 0 Å². The molecule has 3 heteroatoms. The Morgan fingerprint density at radius 2 is 1.90 bits per heavy atom. The molecule has 2 aromatic carbocycles. The Morgan fingerprint density at radius 1 is 1.14 bits per heavy atom. The van der Waals surface area contributed by atoms with E-state index >= 15 is 0 Å². The minimum absolute atomic E-state index is 0.284. The van der Waals surface area contributed by atoms with E-state index in [2.05, 4.69) is 25.2 Å². The van der Waals surface area contributed by atoms with Crippen molar-refractivity contribution in [3.8, 4) is 11.5 Å². The summed E-state index contributed by atoms with van der Waals surface area (Å²) in [5.41, 5.74) is 2.39. The number of hydrogen-bond donors (Lipinski definition) is 2. The van der Waals surface area contributed by atoms with Gasteiger partial charge in [-0.3, -0.25) is 0 Å². The average molecular weight is 285 g/mol. The van der Waals surface area contributed by atoms with Gasteiger partial charge in [0.25, 0.3) is 0 Å². The summed E-state index contributed by atoms with van der Waals surface area (Å²) in [7, 11) is 0. The molecule has 2 rings (SSSR count). The maximum Gasteiger partial charge on any atom is 0.119 e. The van der Waals surface area contributed by atoms with E-state index in [-0.39, 0.29) is 6.04 Å². The Morgan fingerprint density at radius 3 is 2.57 bits per heavy atom. The molecule has 21 heavy (non-hydrogen) atoms. The SMILES string of the molecule is CCC(NCCOc1cccc(C)c1)c1ccc(O)cc1. The minimum atomic E-state index is 0.284. The van der Waals surface area contributed by atoms with Crippen molar-refractivity contribution < 1.29 is 9.84 Å². The lowest BCUT2D eigenvalue weighted by Gasteiger charge is -2.18. The van der Waals surface area contributed by atoms with Crippen LogP contribution in [0, 0.1) is 6.92 Å². The fourth-order valence-corrected chi connectivity index (χ4v) is 2.31. The van der Waals surface area contributed by atoms with Gasteiger partial charge in [0.2, 0.25) is 0 Å². The first kappa shape index (κ1) is 15.4. The topological polar surface area (TPSA) is 41.5 Å². The van der Waals surface area contributed by atoms with E-state index in [1.165, 1.54) is 11.1 Å². The summed E-state index contributed by atoms with van der Waals surface area (Å²) in [5.74, 6) is 1.21. The fraction of sp³-hybridized carbons (Fsp3) is 0.333. The molecule has 0 aliphatic carbocycles. The molecule has 2 aromatic rings. The second-order valence-electron chi connectivity index (χ2n) is 5.17. The van der Waals surface area contributed by atoms with Crippen molar-refractivity contribution in [3.05, 3.63) is 59.7 Å². The van der Waals surface area contributed by atoms with Gasteiger partial charge in [-0.05, 0) is 48.7 Å². The number of phenols is 1. The van der Waals surface area contributed by atoms with Crippen LogP contribution in [-0.4, -0.2) is 18.3 Å². The zero-order valence-electron chi connectivity index (χ0n) is 12.7. The second kappa shape index (κ2) is 7.70. The molecule has 3 nitrogen and oxygen atoms in total. The van der Waals surface area contributed by atoms with Crippen LogP contribution in [0.5, 0.6) is 11.5 Å². The first-order valence-electron chi connectivity index (χ1n) is 7.41. The number of aryl methyl sites for hydroxylation is 1. The minimum Gasteiger partial charge on any atom is -0.508 e. The first-order chi connectivity index (χ1) is 10.2. The summed E-state index contributed by atoms with van der Waals surface area (Å²) in [6.07, 6.45) is 0.995. The summed E-state index contributed by atoms with van der Waals surface area (Å²) >= 11 is 0. The maximum absolute atomic E-state index is 9.33. The van der Waals surface area contributed by atoms with Gasteiger partial charge in [0, 0.05) is 12.6 Å². The van der Waals surface area contributed by atoms with Crippen molar-refractivity contribution in [2.75, 3.05) is 13.2 Å². The zero-order chi connectivity index (χ0) is 15.1. The average Bonchev–Trinajstić information content (AvgIpc) is 2.49. The first-order valence-corrected chi connectivity index (χ1v) is 7.41. The van der Waals surface area contributed by atoms with Crippen LogP contribution in [-0.2, 0) is 0 Å². The van der Waals surface area contributed by atoms with Crippen molar-refractivity contribution in [3.63, 3.8) is 0 Å². The van der Waals surface area contributed by atoms with Gasteiger partial charge in [0.1, 0.15) is 18.1 Å². The van der Waals surface area contributed by atoms with Crippen LogP contribution in [0.1, 0.15) is 30.5 Å². The van der Waals surface area contributed by atoms with Crippen LogP contribution in [0.4, 0.5) is 0 Å². The van der Waals surface area contributed by atoms with Crippen LogP contribution < -0.4 is 10.1 Å². The van der Waals surface area contributed by atoms with Crippen LogP contribution in [0.15, 0.2) is 48.5 Å². The van der Waals surface area contributed by atoms with Crippen LogP contribution in [0.25, 0.3) is 0 Å². The fourth-order valence-electron chi connectivity index (χ4n) is 2.31. The van der Waals surface area contributed by atoms with Crippen LogP contribution in [0.3, 0.4) is 0 Å². The van der Waals surface area contributed by atoms with Crippen molar-refractivity contribution in [2.45, 2.75) is 26.3 Å². The van der Waals surface area contributed by atoms with Gasteiger partial charge < -0.3 is 15.2 Å². The number of hydrogen-bond acceptors (Lipinski definition) is 3. The molecule has 0 radical (unpaired) electrons. The van der Waals surface area contributed by atoms with Crippen molar-refractivity contribution in [1.29, 1.82) is 0 Å². The van der Waals surface area contributed by atoms with Crippen molar-refractivity contribution in [1.82, 2.24) is 5.32 Å². The molecular weight excluding hydrogens is 262 g/mol. The molecule has 0 bridgehead atoms. The van der Waals surface area contributed by atoms with E-state index in [0.29, 0.717) is 12.4 Å². The van der Waals surface area contributed by atoms with Crippen LogP contribution in [0.2, 0.25) is 0 Å². The lowest BCUT2D eigenvalue weighted by atomic mass is 10.0. The molecule has 0 aromatic heterocycles. The van der Waals surface area contributed by atoms with Gasteiger partial charge in [0.15, 0.2) is 0 Å². The van der Waals surface area contributed by atoms with E-state index in [1.54, 1.807) is 12.1 Å². The van der Waals surface area contributed by atoms with E-state index in [1.807, 2.05) is 30.3 Å². The largest absolute Gasteiger partial charge is 0.508 e. The number of aromatic hydroxyl groups is 1. The summed E-state index contributed by atoms with van der Waals surface area (Å²) in [6, 6.07) is 15.7. The van der Waals surface area contributed by atoms with Crippen molar-refractivity contribution in [2.24, 2.45) is 0 Å². The summed E-state index contributed by atoms with van der Waals surface area (Å²) in [5, 5.41) is 12.8. The van der Waals surface area contributed by atoms with Gasteiger partial charge in [0.05, 0.1) is 0 Å². The third-order valence-corrected chi connectivity index (χ3v) is 3.45. The molecule has 0 aliphatic heterocycles. The molecular formula is C18H23NO2. The third kappa shape index (κ3) is 4.80. The molecule has 1 unspecified atom stereocenters. The monoisotopic (exact) mass is 285 g/mol. The van der Waals surface area contributed by atoms with Crippen LogP contribution >= 0.6 is 0 Å². The Balaban J connectivity index is 1.79. The normalized spacial score (nSPS) is 12.1. The third-order valence-electron chi connectivity index (χ3n) is 3.45. The van der Waals surface area contributed by atoms with E-state index in [0.717, 1.165) is 18.7 Å². The maximum atomic E-state index is 9.33. The van der Waals surface area contributed by atoms with Crippen molar-refractivity contribution >= 4 is 0 Å². The lowest BCUT2D eigenvalue weighted by Crippen LogP contribution is -2.25. The quantitative estimate of drug-likeness (QED) is 0.760. The zero-order valence-corrected chi connectivity index (χ0v) is 12.7. The highest BCUT2D eigenvalue weighted by atomic mass is 16.5. The van der Waals surface area contributed by atoms with Gasteiger partial charge in [-0.15, -0.1) is 0 Å². The standard InChI is InChI=1S/C18H23NO2/c1-3-18(15-7-9-16(20)10-8-15)19-11-12-21-17-6-4-5-14(2)13-17/h4-10,13,18-20H,3,11-12H2,1-2H3. The molecule has 0 saturated heterocycles. The number of phenolic OH excluding ortho intramolecular Hbond substituents is 1. The molecule has 0 saturated carbocycles. The highest BCUT2D eigenvalue weighted by Crippen LogP contribution is 2.19. The Labute approximate surface area is 126 Å². The molecule has 0 fully saturated rings. The summed E-state index contributed by atoms with van der Waals surface area (Å²) in [6.45, 7) is 5.63. The van der Waals surface area contributed by atoms with E-state index in [9.17, 15) is 5.11 Å². The predicted molar refractivity (Wildman–Crippen MR) is 85.8 cm³/mol. The number of benzene rings is 2. The molecule has 0 aliphatic rings. The molecule has 0 spiro atoms. The Kier molecular flexibility index (Phi) is 5.64. The van der Waals surface area contributed by atoms with Gasteiger partial charge in [-0.1, -0.05) is 31.2 Å². The molecule has 112 valence electrons. The predicted octanol–water partition coefficient (Wildman–Crippen LogP) is 3.82. The summed E-state index contributed by atoms with van der Waals surface area (Å²) < 4.78 is 5.73. The number of nitrogens with one attached hydrogen (secondary N) is 1. The molecule has 1 atom stereocenters. The lowest BCUT2D eigenvalue weighted by molar-refractivity contribution is 0.304. The molecule has 0 amide bonds. The second-order valence-corrected chi connectivity index (χ2v) is 5.17. The smallest absolute Gasteiger partial charge is 0.119 e. The summed E-state index contributed by atoms with van der Waals surface area (Å²) in [4.78, 5) is 0. The number of ether oxygens (including phenoxy) is 1. The van der Waals surface area contributed by atoms with Gasteiger partial charge >= 0.3 is 0 Å². The molecule has 0 heterocycles.